The lowest BCUT2D eigenvalue weighted by Gasteiger charge is -2.25. The molecule has 2 heterocycles. The van der Waals surface area contributed by atoms with Crippen molar-refractivity contribution in [3.63, 3.8) is 0 Å². The van der Waals surface area contributed by atoms with Crippen molar-refractivity contribution >= 4 is 17.5 Å². The normalized spacial score (nSPS) is 25.7. The molecule has 2 saturated heterocycles. The second-order valence-electron chi connectivity index (χ2n) is 7.12. The molecule has 0 spiro atoms. The number of rotatable bonds is 5. The molecule has 26 heavy (non-hydrogen) atoms. The number of ether oxygens (including phenoxy) is 2. The summed E-state index contributed by atoms with van der Waals surface area (Å²) in [6.07, 6.45) is 1.16. The lowest BCUT2D eigenvalue weighted by Crippen LogP contribution is -2.40. The Morgan fingerprint density at radius 1 is 1.27 bits per heavy atom. The summed E-state index contributed by atoms with van der Waals surface area (Å²) in [5, 5.41) is 0. The van der Waals surface area contributed by atoms with E-state index in [0.717, 1.165) is 6.42 Å². The lowest BCUT2D eigenvalue weighted by atomic mass is 10.1. The Kier molecular flexibility index (Phi) is 5.36. The Morgan fingerprint density at radius 2 is 2.04 bits per heavy atom. The number of hydrogen-bond acceptors (Lipinski definition) is 5. The van der Waals surface area contributed by atoms with Gasteiger partial charge in [0.25, 0.3) is 0 Å². The van der Waals surface area contributed by atoms with Crippen molar-refractivity contribution in [3.05, 3.63) is 18.2 Å². The maximum Gasteiger partial charge on any atom is 0.228 e. The second kappa shape index (κ2) is 7.53. The highest BCUT2D eigenvalue weighted by molar-refractivity contribution is 6.01. The molecule has 0 bridgehead atoms. The molecule has 2 aliphatic rings. The first-order valence-corrected chi connectivity index (χ1v) is 9.01. The molecule has 0 aromatic heterocycles. The van der Waals surface area contributed by atoms with Gasteiger partial charge in [-0.25, -0.2) is 0 Å². The molecule has 3 rings (SSSR count). The second-order valence-corrected chi connectivity index (χ2v) is 7.12. The molecule has 1 aromatic carbocycles. The van der Waals surface area contributed by atoms with E-state index in [4.69, 9.17) is 15.2 Å². The van der Waals surface area contributed by atoms with Gasteiger partial charge in [0.05, 0.1) is 25.8 Å². The average Bonchev–Trinajstić information content (AvgIpc) is 3.23. The van der Waals surface area contributed by atoms with Gasteiger partial charge < -0.3 is 25.0 Å². The molecule has 2 amide bonds. The minimum atomic E-state index is -0.326. The Hall–Kier alpha value is -2.28. The Bertz CT molecular complexity index is 693. The van der Waals surface area contributed by atoms with Crippen LogP contribution in [0.1, 0.15) is 19.8 Å². The zero-order chi connectivity index (χ0) is 18.8. The van der Waals surface area contributed by atoms with Crippen LogP contribution in [-0.2, 0) is 9.59 Å². The monoisotopic (exact) mass is 361 g/mol. The van der Waals surface area contributed by atoms with Crippen molar-refractivity contribution in [2.24, 2.45) is 17.6 Å². The molecule has 2 aliphatic heterocycles. The third-order valence-electron chi connectivity index (χ3n) is 5.43. The Labute approximate surface area is 154 Å². The van der Waals surface area contributed by atoms with E-state index in [-0.39, 0.29) is 30.2 Å². The summed E-state index contributed by atoms with van der Waals surface area (Å²) in [6, 6.07) is 5.50. The fraction of sp³-hybridized carbons (Fsp3) is 0.579. The van der Waals surface area contributed by atoms with Crippen molar-refractivity contribution in [1.82, 2.24) is 4.90 Å². The van der Waals surface area contributed by atoms with Crippen molar-refractivity contribution < 1.29 is 19.1 Å². The van der Waals surface area contributed by atoms with Gasteiger partial charge in [-0.2, -0.15) is 0 Å². The molecule has 142 valence electrons. The first-order valence-electron chi connectivity index (χ1n) is 9.01. The molecule has 0 saturated carbocycles. The van der Waals surface area contributed by atoms with Crippen molar-refractivity contribution in [2.75, 3.05) is 38.8 Å². The summed E-state index contributed by atoms with van der Waals surface area (Å²) in [7, 11) is 3.14. The highest BCUT2D eigenvalue weighted by Gasteiger charge is 2.41. The maximum absolute atomic E-state index is 13.0. The number of methoxy groups -OCH3 is 2. The zero-order valence-corrected chi connectivity index (χ0v) is 15.6. The topological polar surface area (TPSA) is 85.1 Å². The third-order valence-corrected chi connectivity index (χ3v) is 5.43. The smallest absolute Gasteiger partial charge is 0.228 e. The molecule has 0 aliphatic carbocycles. The molecular formula is C19H27N3O4. The molecule has 7 heteroatoms. The Morgan fingerprint density at radius 3 is 2.65 bits per heavy atom. The predicted molar refractivity (Wildman–Crippen MR) is 98.3 cm³/mol. The third kappa shape index (κ3) is 3.35. The summed E-state index contributed by atoms with van der Waals surface area (Å²) >= 11 is 0. The van der Waals surface area contributed by atoms with Gasteiger partial charge in [-0.3, -0.25) is 9.59 Å². The highest BCUT2D eigenvalue weighted by Crippen LogP contribution is 2.36. The van der Waals surface area contributed by atoms with E-state index in [9.17, 15) is 9.59 Å². The number of nitrogens with two attached hydrogens (primary N) is 1. The van der Waals surface area contributed by atoms with Crippen molar-refractivity contribution in [1.29, 1.82) is 0 Å². The van der Waals surface area contributed by atoms with Gasteiger partial charge in [0.15, 0.2) is 0 Å². The number of amides is 2. The van der Waals surface area contributed by atoms with Crippen molar-refractivity contribution in [3.8, 4) is 11.5 Å². The molecule has 2 N–H and O–H groups in total. The number of likely N-dealkylation sites (tertiary alicyclic amines) is 1. The van der Waals surface area contributed by atoms with Crippen LogP contribution in [0, 0.1) is 11.8 Å². The largest absolute Gasteiger partial charge is 0.497 e. The molecule has 2 fully saturated rings. The van der Waals surface area contributed by atoms with Crippen LogP contribution in [0.2, 0.25) is 0 Å². The Balaban J connectivity index is 1.76. The fourth-order valence-corrected chi connectivity index (χ4v) is 3.97. The molecule has 3 unspecified atom stereocenters. The number of carbonyl (C=O) groups is 2. The van der Waals surface area contributed by atoms with Crippen LogP contribution in [0.5, 0.6) is 11.5 Å². The predicted octanol–water partition coefficient (Wildman–Crippen LogP) is 1.25. The van der Waals surface area contributed by atoms with Crippen LogP contribution in [0.25, 0.3) is 0 Å². The van der Waals surface area contributed by atoms with E-state index >= 15 is 0 Å². The van der Waals surface area contributed by atoms with Crippen molar-refractivity contribution in [2.45, 2.75) is 25.8 Å². The van der Waals surface area contributed by atoms with Gasteiger partial charge in [0.2, 0.25) is 11.8 Å². The number of carbonyl (C=O) groups excluding carboxylic acids is 2. The molecule has 7 nitrogen and oxygen atoms in total. The molecule has 1 aromatic rings. The number of anilines is 1. The van der Waals surface area contributed by atoms with Crippen LogP contribution in [-0.4, -0.2) is 56.6 Å². The van der Waals surface area contributed by atoms with E-state index in [0.29, 0.717) is 42.7 Å². The van der Waals surface area contributed by atoms with Crippen LogP contribution >= 0.6 is 0 Å². The highest BCUT2D eigenvalue weighted by atomic mass is 16.5. The molecule has 3 atom stereocenters. The van der Waals surface area contributed by atoms with Crippen LogP contribution in [0.3, 0.4) is 0 Å². The van der Waals surface area contributed by atoms with Gasteiger partial charge in [-0.1, -0.05) is 0 Å². The fourth-order valence-electron chi connectivity index (χ4n) is 3.97. The van der Waals surface area contributed by atoms with Crippen LogP contribution < -0.4 is 20.1 Å². The number of benzene rings is 1. The maximum atomic E-state index is 13.0. The van der Waals surface area contributed by atoms with Gasteiger partial charge in [-0.05, 0) is 37.9 Å². The van der Waals surface area contributed by atoms with Gasteiger partial charge in [-0.15, -0.1) is 0 Å². The van der Waals surface area contributed by atoms with E-state index in [1.54, 1.807) is 37.3 Å². The van der Waals surface area contributed by atoms with Gasteiger partial charge in [0.1, 0.15) is 11.5 Å². The lowest BCUT2D eigenvalue weighted by molar-refractivity contribution is -0.136. The van der Waals surface area contributed by atoms with E-state index in [1.807, 2.05) is 4.90 Å². The summed E-state index contributed by atoms with van der Waals surface area (Å²) in [5.41, 5.74) is 6.43. The summed E-state index contributed by atoms with van der Waals surface area (Å²) in [6.45, 7) is 3.70. The molecular weight excluding hydrogens is 334 g/mol. The minimum Gasteiger partial charge on any atom is -0.497 e. The quantitative estimate of drug-likeness (QED) is 0.853. The first-order chi connectivity index (χ1) is 12.5. The molecule has 0 radical (unpaired) electrons. The van der Waals surface area contributed by atoms with Crippen LogP contribution in [0.4, 0.5) is 5.69 Å². The summed E-state index contributed by atoms with van der Waals surface area (Å²) in [5.74, 6) is 1.23. The van der Waals surface area contributed by atoms with E-state index < -0.39 is 0 Å². The minimum absolute atomic E-state index is 0.0526. The zero-order valence-electron chi connectivity index (χ0n) is 15.6. The van der Waals surface area contributed by atoms with Gasteiger partial charge in [0, 0.05) is 31.6 Å². The standard InChI is InChI=1S/C19H27N3O4/c1-12-6-13(9-20)10-21(12)19(24)14-7-18(23)22(11-14)16-5-4-15(25-2)8-17(16)26-3/h4-5,8,12-14H,6-7,9-11,20H2,1-3H3. The SMILES string of the molecule is COc1ccc(N2CC(C(=O)N3CC(CN)CC3C)CC2=O)c(OC)c1. The average molecular weight is 361 g/mol. The summed E-state index contributed by atoms with van der Waals surface area (Å²) < 4.78 is 10.6. The number of hydrogen-bond donors (Lipinski definition) is 1. The van der Waals surface area contributed by atoms with Gasteiger partial charge >= 0.3 is 0 Å². The first kappa shape index (κ1) is 18.5. The van der Waals surface area contributed by atoms with E-state index in [2.05, 4.69) is 6.92 Å². The van der Waals surface area contributed by atoms with E-state index in [1.165, 1.54) is 0 Å². The van der Waals surface area contributed by atoms with Crippen LogP contribution in [0.15, 0.2) is 18.2 Å². The summed E-state index contributed by atoms with van der Waals surface area (Å²) in [4.78, 5) is 29.1. The number of nitrogens with zero attached hydrogens (tertiary/aromatic N) is 2.